The van der Waals surface area contributed by atoms with Crippen molar-refractivity contribution < 1.29 is 9.47 Å². The van der Waals surface area contributed by atoms with Gasteiger partial charge in [0.2, 0.25) is 0 Å². The van der Waals surface area contributed by atoms with E-state index >= 15 is 0 Å². The van der Waals surface area contributed by atoms with Gasteiger partial charge < -0.3 is 9.47 Å². The summed E-state index contributed by atoms with van der Waals surface area (Å²) in [5.74, 6) is -0.463. The molecule has 0 fully saturated rings. The summed E-state index contributed by atoms with van der Waals surface area (Å²) >= 11 is 0. The van der Waals surface area contributed by atoms with Crippen LogP contribution in [-0.4, -0.2) is 19.5 Å². The molecule has 0 rings (SSSR count). The van der Waals surface area contributed by atoms with Crippen molar-refractivity contribution in [1.29, 1.82) is 0 Å². The standard InChI is InChI=1S/C9H18O2/c1-8(2)6-7-11-9(3,4)10-5/h1,6-7H2,2-5H3. The molecule has 0 aliphatic heterocycles. The van der Waals surface area contributed by atoms with E-state index in [0.717, 1.165) is 12.0 Å². The van der Waals surface area contributed by atoms with Crippen LogP contribution in [0, 0.1) is 0 Å². The van der Waals surface area contributed by atoms with Crippen LogP contribution in [0.1, 0.15) is 27.2 Å². The van der Waals surface area contributed by atoms with Gasteiger partial charge >= 0.3 is 0 Å². The van der Waals surface area contributed by atoms with Crippen LogP contribution in [-0.2, 0) is 9.47 Å². The molecule has 0 bridgehead atoms. The van der Waals surface area contributed by atoms with Gasteiger partial charge in [0.1, 0.15) is 0 Å². The molecule has 0 unspecified atom stereocenters. The predicted octanol–water partition coefficient (Wildman–Crippen LogP) is 2.35. The van der Waals surface area contributed by atoms with Crippen LogP contribution in [0.2, 0.25) is 0 Å². The minimum absolute atomic E-state index is 0.463. The summed E-state index contributed by atoms with van der Waals surface area (Å²) in [5.41, 5.74) is 1.14. The van der Waals surface area contributed by atoms with Gasteiger partial charge in [0.05, 0.1) is 6.61 Å². The molecule has 0 atom stereocenters. The Balaban J connectivity index is 3.45. The molecule has 2 heteroatoms. The van der Waals surface area contributed by atoms with Crippen LogP contribution >= 0.6 is 0 Å². The molecule has 11 heavy (non-hydrogen) atoms. The Kier molecular flexibility index (Phi) is 4.38. The summed E-state index contributed by atoms with van der Waals surface area (Å²) in [4.78, 5) is 0. The Morgan fingerprint density at radius 2 is 2.00 bits per heavy atom. The zero-order valence-corrected chi connectivity index (χ0v) is 7.94. The maximum absolute atomic E-state index is 5.41. The molecule has 66 valence electrons. The average Bonchev–Trinajstić information content (AvgIpc) is 1.87. The number of rotatable bonds is 5. The minimum atomic E-state index is -0.463. The van der Waals surface area contributed by atoms with Crippen molar-refractivity contribution in [2.45, 2.75) is 33.0 Å². The molecule has 0 heterocycles. The van der Waals surface area contributed by atoms with E-state index in [0.29, 0.717) is 6.61 Å². The fraction of sp³-hybridized carbons (Fsp3) is 0.778. The highest BCUT2D eigenvalue weighted by Gasteiger charge is 2.15. The van der Waals surface area contributed by atoms with Gasteiger partial charge in [0.25, 0.3) is 0 Å². The molecule has 0 radical (unpaired) electrons. The van der Waals surface area contributed by atoms with Gasteiger partial charge in [0, 0.05) is 7.11 Å². The summed E-state index contributed by atoms with van der Waals surface area (Å²) in [6.07, 6.45) is 0.896. The topological polar surface area (TPSA) is 18.5 Å². The van der Waals surface area contributed by atoms with Crippen molar-refractivity contribution in [3.63, 3.8) is 0 Å². The zero-order chi connectivity index (χ0) is 8.91. The largest absolute Gasteiger partial charge is 0.354 e. The third-order valence-electron chi connectivity index (χ3n) is 1.47. The lowest BCUT2D eigenvalue weighted by molar-refractivity contribution is -0.196. The van der Waals surface area contributed by atoms with E-state index in [4.69, 9.17) is 9.47 Å². The lowest BCUT2D eigenvalue weighted by atomic mass is 10.2. The van der Waals surface area contributed by atoms with Gasteiger partial charge in [-0.25, -0.2) is 0 Å². The number of ether oxygens (including phenoxy) is 2. The van der Waals surface area contributed by atoms with E-state index in [1.165, 1.54) is 0 Å². The number of hydrogen-bond donors (Lipinski definition) is 0. The van der Waals surface area contributed by atoms with Crippen molar-refractivity contribution in [3.8, 4) is 0 Å². The molecular formula is C9H18O2. The Morgan fingerprint density at radius 3 is 2.36 bits per heavy atom. The first kappa shape index (κ1) is 10.7. The van der Waals surface area contributed by atoms with Crippen molar-refractivity contribution in [3.05, 3.63) is 12.2 Å². The zero-order valence-electron chi connectivity index (χ0n) is 7.94. The normalized spacial score (nSPS) is 11.6. The SMILES string of the molecule is C=C(C)CCOC(C)(C)OC. The summed E-state index contributed by atoms with van der Waals surface area (Å²) in [6, 6.07) is 0. The van der Waals surface area contributed by atoms with E-state index in [9.17, 15) is 0 Å². The molecule has 0 aromatic heterocycles. The van der Waals surface area contributed by atoms with Crippen LogP contribution in [0.5, 0.6) is 0 Å². The van der Waals surface area contributed by atoms with E-state index in [2.05, 4.69) is 6.58 Å². The van der Waals surface area contributed by atoms with E-state index in [-0.39, 0.29) is 0 Å². The van der Waals surface area contributed by atoms with Gasteiger partial charge in [0.15, 0.2) is 5.79 Å². The van der Waals surface area contributed by atoms with Gasteiger partial charge in [-0.2, -0.15) is 0 Å². The van der Waals surface area contributed by atoms with E-state index in [1.807, 2.05) is 20.8 Å². The molecule has 0 aromatic carbocycles. The van der Waals surface area contributed by atoms with Gasteiger partial charge in [-0.1, -0.05) is 5.57 Å². The van der Waals surface area contributed by atoms with Gasteiger partial charge in [-0.3, -0.25) is 0 Å². The second-order valence-corrected chi connectivity index (χ2v) is 3.16. The average molecular weight is 158 g/mol. The Bertz CT molecular complexity index is 128. The van der Waals surface area contributed by atoms with Crippen LogP contribution < -0.4 is 0 Å². The first-order valence-corrected chi connectivity index (χ1v) is 3.81. The van der Waals surface area contributed by atoms with Crippen LogP contribution in [0.15, 0.2) is 12.2 Å². The second kappa shape index (κ2) is 4.52. The molecule has 0 saturated carbocycles. The summed E-state index contributed by atoms with van der Waals surface area (Å²) in [6.45, 7) is 10.2. The fourth-order valence-electron chi connectivity index (χ4n) is 0.530. The third kappa shape index (κ3) is 6.07. The highest BCUT2D eigenvalue weighted by Crippen LogP contribution is 2.10. The molecule has 0 N–H and O–H groups in total. The maximum atomic E-state index is 5.41. The van der Waals surface area contributed by atoms with Crippen molar-refractivity contribution >= 4 is 0 Å². The molecule has 0 amide bonds. The third-order valence-corrected chi connectivity index (χ3v) is 1.47. The Morgan fingerprint density at radius 1 is 1.45 bits per heavy atom. The van der Waals surface area contributed by atoms with E-state index < -0.39 is 5.79 Å². The summed E-state index contributed by atoms with van der Waals surface area (Å²) in [5, 5.41) is 0. The molecule has 0 saturated heterocycles. The first-order chi connectivity index (χ1) is 4.98. The summed E-state index contributed by atoms with van der Waals surface area (Å²) < 4.78 is 10.5. The van der Waals surface area contributed by atoms with E-state index in [1.54, 1.807) is 7.11 Å². The van der Waals surface area contributed by atoms with Crippen molar-refractivity contribution in [2.24, 2.45) is 0 Å². The maximum Gasteiger partial charge on any atom is 0.162 e. The van der Waals surface area contributed by atoms with Gasteiger partial charge in [-0.15, -0.1) is 6.58 Å². The Hall–Kier alpha value is -0.340. The van der Waals surface area contributed by atoms with Crippen molar-refractivity contribution in [2.75, 3.05) is 13.7 Å². The van der Waals surface area contributed by atoms with Crippen molar-refractivity contribution in [1.82, 2.24) is 0 Å². The Labute approximate surface area is 69.2 Å². The number of methoxy groups -OCH3 is 1. The molecule has 0 aromatic rings. The second-order valence-electron chi connectivity index (χ2n) is 3.16. The smallest absolute Gasteiger partial charge is 0.162 e. The minimum Gasteiger partial charge on any atom is -0.354 e. The van der Waals surface area contributed by atoms with Gasteiger partial charge in [-0.05, 0) is 27.2 Å². The van der Waals surface area contributed by atoms with Crippen LogP contribution in [0.25, 0.3) is 0 Å². The lowest BCUT2D eigenvalue weighted by Crippen LogP contribution is -2.27. The van der Waals surface area contributed by atoms with Crippen LogP contribution in [0.3, 0.4) is 0 Å². The van der Waals surface area contributed by atoms with Crippen LogP contribution in [0.4, 0.5) is 0 Å². The molecule has 2 nitrogen and oxygen atoms in total. The quantitative estimate of drug-likeness (QED) is 0.451. The molecule has 0 spiro atoms. The first-order valence-electron chi connectivity index (χ1n) is 3.81. The highest BCUT2D eigenvalue weighted by atomic mass is 16.7. The molecule has 0 aliphatic carbocycles. The monoisotopic (exact) mass is 158 g/mol. The summed E-state index contributed by atoms with van der Waals surface area (Å²) in [7, 11) is 1.64. The predicted molar refractivity (Wildman–Crippen MR) is 46.5 cm³/mol. The molecule has 0 aliphatic rings. The number of hydrogen-bond acceptors (Lipinski definition) is 2. The fourth-order valence-corrected chi connectivity index (χ4v) is 0.530. The highest BCUT2D eigenvalue weighted by molar-refractivity contribution is 4.87. The lowest BCUT2D eigenvalue weighted by Gasteiger charge is -2.23. The molecular weight excluding hydrogens is 140 g/mol.